The molecule has 1 saturated heterocycles. The molecule has 0 aromatic heterocycles. The standard InChI is InChI=1S/C12H14BrClN2O2/c1-18-8-5-11(15-6-8)12(17)16-10-3-2-7(13)4-9(10)14/h2-4,8,11,15H,5-6H2,1H3,(H,16,17). The Morgan fingerprint density at radius 2 is 2.39 bits per heavy atom. The van der Waals surface area contributed by atoms with Gasteiger partial charge in [0.2, 0.25) is 5.91 Å². The third-order valence-corrected chi connectivity index (χ3v) is 3.74. The molecule has 98 valence electrons. The molecule has 18 heavy (non-hydrogen) atoms. The number of halogens is 2. The number of rotatable bonds is 3. The van der Waals surface area contributed by atoms with Crippen LogP contribution >= 0.6 is 27.5 Å². The van der Waals surface area contributed by atoms with Crippen LogP contribution in [0.4, 0.5) is 5.69 Å². The zero-order valence-electron chi connectivity index (χ0n) is 9.87. The van der Waals surface area contributed by atoms with E-state index in [4.69, 9.17) is 16.3 Å². The van der Waals surface area contributed by atoms with Gasteiger partial charge < -0.3 is 15.4 Å². The Labute approximate surface area is 119 Å². The highest BCUT2D eigenvalue weighted by Crippen LogP contribution is 2.26. The van der Waals surface area contributed by atoms with Crippen LogP contribution < -0.4 is 10.6 Å². The van der Waals surface area contributed by atoms with Crippen molar-refractivity contribution in [2.24, 2.45) is 0 Å². The molecule has 1 fully saturated rings. The summed E-state index contributed by atoms with van der Waals surface area (Å²) in [5.74, 6) is -0.0845. The van der Waals surface area contributed by atoms with Crippen molar-refractivity contribution in [3.8, 4) is 0 Å². The van der Waals surface area contributed by atoms with Crippen LogP contribution in [0, 0.1) is 0 Å². The van der Waals surface area contributed by atoms with E-state index in [-0.39, 0.29) is 18.1 Å². The van der Waals surface area contributed by atoms with Gasteiger partial charge in [-0.05, 0) is 24.6 Å². The number of nitrogens with one attached hydrogen (secondary N) is 2. The van der Waals surface area contributed by atoms with Crippen LogP contribution in [0.1, 0.15) is 6.42 Å². The van der Waals surface area contributed by atoms with Crippen molar-refractivity contribution in [2.75, 3.05) is 19.0 Å². The van der Waals surface area contributed by atoms with Gasteiger partial charge >= 0.3 is 0 Å². The second-order valence-corrected chi connectivity index (χ2v) is 5.49. The van der Waals surface area contributed by atoms with Crippen LogP contribution in [0.3, 0.4) is 0 Å². The first-order valence-electron chi connectivity index (χ1n) is 5.62. The normalized spacial score (nSPS) is 23.1. The van der Waals surface area contributed by atoms with E-state index in [1.54, 1.807) is 19.2 Å². The first kappa shape index (κ1) is 13.8. The Kier molecular flexibility index (Phi) is 4.61. The van der Waals surface area contributed by atoms with Crippen molar-refractivity contribution in [1.82, 2.24) is 5.32 Å². The van der Waals surface area contributed by atoms with Crippen LogP contribution in [0.25, 0.3) is 0 Å². The molecule has 1 aliphatic rings. The minimum absolute atomic E-state index is 0.0845. The summed E-state index contributed by atoms with van der Waals surface area (Å²) in [7, 11) is 1.65. The summed E-state index contributed by atoms with van der Waals surface area (Å²) >= 11 is 9.37. The maximum atomic E-state index is 12.0. The van der Waals surface area contributed by atoms with Crippen molar-refractivity contribution in [3.05, 3.63) is 27.7 Å². The highest BCUT2D eigenvalue weighted by molar-refractivity contribution is 9.10. The molecule has 6 heteroatoms. The molecule has 2 N–H and O–H groups in total. The van der Waals surface area contributed by atoms with Crippen molar-refractivity contribution in [2.45, 2.75) is 18.6 Å². The minimum Gasteiger partial charge on any atom is -0.380 e. The fourth-order valence-electron chi connectivity index (χ4n) is 1.89. The molecule has 2 rings (SSSR count). The molecule has 0 radical (unpaired) electrons. The summed E-state index contributed by atoms with van der Waals surface area (Å²) in [5, 5.41) is 6.45. The van der Waals surface area contributed by atoms with E-state index in [2.05, 4.69) is 26.6 Å². The topological polar surface area (TPSA) is 50.4 Å². The van der Waals surface area contributed by atoms with Gasteiger partial charge in [-0.25, -0.2) is 0 Å². The van der Waals surface area contributed by atoms with Crippen molar-refractivity contribution < 1.29 is 9.53 Å². The monoisotopic (exact) mass is 332 g/mol. The third-order valence-electron chi connectivity index (χ3n) is 2.93. The Bertz CT molecular complexity index is 456. The van der Waals surface area contributed by atoms with E-state index in [1.165, 1.54) is 0 Å². The van der Waals surface area contributed by atoms with Gasteiger partial charge in [0, 0.05) is 18.1 Å². The maximum Gasteiger partial charge on any atom is 0.241 e. The van der Waals surface area contributed by atoms with Crippen LogP contribution in [0.2, 0.25) is 5.02 Å². The quantitative estimate of drug-likeness (QED) is 0.893. The van der Waals surface area contributed by atoms with E-state index >= 15 is 0 Å². The predicted molar refractivity (Wildman–Crippen MR) is 75.0 cm³/mol. The van der Waals surface area contributed by atoms with Crippen molar-refractivity contribution in [1.29, 1.82) is 0 Å². The molecule has 1 aromatic rings. The van der Waals surface area contributed by atoms with Crippen molar-refractivity contribution in [3.63, 3.8) is 0 Å². The summed E-state index contributed by atoms with van der Waals surface area (Å²) in [4.78, 5) is 12.0. The number of methoxy groups -OCH3 is 1. The first-order valence-corrected chi connectivity index (χ1v) is 6.79. The molecular weight excluding hydrogens is 320 g/mol. The lowest BCUT2D eigenvalue weighted by atomic mass is 10.2. The summed E-state index contributed by atoms with van der Waals surface area (Å²) in [6.07, 6.45) is 0.775. The second kappa shape index (κ2) is 6.02. The van der Waals surface area contributed by atoms with Gasteiger partial charge in [-0.3, -0.25) is 4.79 Å². The number of ether oxygens (including phenoxy) is 1. The zero-order valence-corrected chi connectivity index (χ0v) is 12.2. The smallest absolute Gasteiger partial charge is 0.241 e. The van der Waals surface area contributed by atoms with E-state index < -0.39 is 0 Å². The summed E-state index contributed by atoms with van der Waals surface area (Å²) in [6.45, 7) is 0.697. The molecule has 0 saturated carbocycles. The number of carbonyl (C=O) groups excluding carboxylic acids is 1. The van der Waals surface area contributed by atoms with E-state index in [1.807, 2.05) is 6.07 Å². The average Bonchev–Trinajstić information content (AvgIpc) is 2.81. The number of hydrogen-bond donors (Lipinski definition) is 2. The second-order valence-electron chi connectivity index (χ2n) is 4.17. The number of carbonyl (C=O) groups is 1. The molecule has 2 atom stereocenters. The largest absolute Gasteiger partial charge is 0.380 e. The van der Waals surface area contributed by atoms with Gasteiger partial charge in [0.25, 0.3) is 0 Å². The van der Waals surface area contributed by atoms with E-state index in [9.17, 15) is 4.79 Å². The lowest BCUT2D eigenvalue weighted by Crippen LogP contribution is -2.35. The average molecular weight is 334 g/mol. The molecule has 2 unspecified atom stereocenters. The predicted octanol–water partition coefficient (Wildman–Crippen LogP) is 2.42. The van der Waals surface area contributed by atoms with E-state index in [0.29, 0.717) is 23.7 Å². The molecule has 1 aromatic carbocycles. The summed E-state index contributed by atoms with van der Waals surface area (Å²) in [5.41, 5.74) is 0.618. The fraction of sp³-hybridized carbons (Fsp3) is 0.417. The van der Waals surface area contributed by atoms with Gasteiger partial charge in [-0.15, -0.1) is 0 Å². The highest BCUT2D eigenvalue weighted by Gasteiger charge is 2.29. The summed E-state index contributed by atoms with van der Waals surface area (Å²) < 4.78 is 6.09. The van der Waals surface area contributed by atoms with Crippen LogP contribution in [0.5, 0.6) is 0 Å². The number of amides is 1. The molecule has 0 spiro atoms. The maximum absolute atomic E-state index is 12.0. The summed E-state index contributed by atoms with van der Waals surface area (Å²) in [6, 6.07) is 5.13. The van der Waals surface area contributed by atoms with Gasteiger partial charge in [-0.2, -0.15) is 0 Å². The SMILES string of the molecule is COC1CNC(C(=O)Nc2ccc(Br)cc2Cl)C1. The highest BCUT2D eigenvalue weighted by atomic mass is 79.9. The number of benzene rings is 1. The Hall–Kier alpha value is -0.620. The Morgan fingerprint density at radius 3 is 3.00 bits per heavy atom. The zero-order chi connectivity index (χ0) is 13.1. The van der Waals surface area contributed by atoms with Gasteiger partial charge in [0.15, 0.2) is 0 Å². The van der Waals surface area contributed by atoms with Crippen LogP contribution in [0.15, 0.2) is 22.7 Å². The van der Waals surface area contributed by atoms with Gasteiger partial charge in [0.1, 0.15) is 0 Å². The lowest BCUT2D eigenvalue weighted by Gasteiger charge is -2.12. The first-order chi connectivity index (χ1) is 8.60. The van der Waals surface area contributed by atoms with Crippen LogP contribution in [-0.4, -0.2) is 31.7 Å². The Balaban J connectivity index is 1.99. The van der Waals surface area contributed by atoms with E-state index in [0.717, 1.165) is 4.47 Å². The molecule has 0 aliphatic carbocycles. The number of anilines is 1. The molecular formula is C12H14BrClN2O2. The minimum atomic E-state index is -0.227. The Morgan fingerprint density at radius 1 is 1.61 bits per heavy atom. The van der Waals surface area contributed by atoms with Gasteiger partial charge in [0.05, 0.1) is 22.9 Å². The lowest BCUT2D eigenvalue weighted by molar-refractivity contribution is -0.118. The van der Waals surface area contributed by atoms with Crippen LogP contribution in [-0.2, 0) is 9.53 Å². The van der Waals surface area contributed by atoms with Gasteiger partial charge in [-0.1, -0.05) is 27.5 Å². The number of hydrogen-bond acceptors (Lipinski definition) is 3. The molecule has 1 amide bonds. The van der Waals surface area contributed by atoms with Crippen molar-refractivity contribution >= 4 is 39.1 Å². The molecule has 1 aliphatic heterocycles. The molecule has 1 heterocycles. The third kappa shape index (κ3) is 3.23. The fourth-order valence-corrected chi connectivity index (χ4v) is 2.61. The molecule has 0 bridgehead atoms. The molecule has 4 nitrogen and oxygen atoms in total.